The fourth-order valence-electron chi connectivity index (χ4n) is 0.629. The van der Waals surface area contributed by atoms with Crippen molar-refractivity contribution in [1.29, 1.82) is 5.41 Å². The first-order valence-electron chi connectivity index (χ1n) is 2.80. The number of nitrogens with two attached hydrogens (primary N) is 1. The number of amidine groups is 1. The minimum absolute atomic E-state index is 0.0417. The first-order chi connectivity index (χ1) is 4.70. The van der Waals surface area contributed by atoms with E-state index < -0.39 is 0 Å². The molecule has 52 valence electrons. The second-order valence-electron chi connectivity index (χ2n) is 1.92. The van der Waals surface area contributed by atoms with Crippen LogP contribution >= 0.6 is 0 Å². The van der Waals surface area contributed by atoms with Gasteiger partial charge in [-0.15, -0.1) is 0 Å². The average Bonchev–Trinajstić information content (AvgIpc) is 1.88. The third-order valence-electron chi connectivity index (χ3n) is 1.16. The first kappa shape index (κ1) is 6.74. The van der Waals surface area contributed by atoms with Crippen LogP contribution in [0.1, 0.15) is 5.56 Å². The van der Waals surface area contributed by atoms with Crippen LogP contribution in [0, 0.1) is 11.2 Å². The molecule has 1 aromatic rings. The molecule has 10 heavy (non-hydrogen) atoms. The van der Waals surface area contributed by atoms with E-state index in [1.807, 2.05) is 0 Å². The zero-order valence-corrected chi connectivity index (χ0v) is 5.26. The predicted octanol–water partition coefficient (Wildman–Crippen LogP) is 1.11. The van der Waals surface area contributed by atoms with Gasteiger partial charge in [-0.1, -0.05) is 0 Å². The van der Waals surface area contributed by atoms with Crippen LogP contribution in [-0.2, 0) is 0 Å². The van der Waals surface area contributed by atoms with Gasteiger partial charge in [0.1, 0.15) is 11.7 Å². The fraction of sp³-hybridized carbons (Fsp3) is 0. The van der Waals surface area contributed by atoms with Gasteiger partial charge < -0.3 is 5.73 Å². The number of benzene rings is 1. The smallest absolute Gasteiger partial charge is 0.123 e. The SMILES string of the molecule is N=C(N)c1ccc(F)cc1. The Morgan fingerprint density at radius 2 is 1.80 bits per heavy atom. The lowest BCUT2D eigenvalue weighted by molar-refractivity contribution is 0.628. The Morgan fingerprint density at radius 1 is 1.30 bits per heavy atom. The van der Waals surface area contributed by atoms with Crippen molar-refractivity contribution >= 4 is 5.84 Å². The summed E-state index contributed by atoms with van der Waals surface area (Å²) in [6.07, 6.45) is 0. The highest BCUT2D eigenvalue weighted by atomic mass is 19.1. The molecule has 0 radical (unpaired) electrons. The number of halogens is 1. The summed E-state index contributed by atoms with van der Waals surface area (Å²) in [5.41, 5.74) is 5.67. The predicted molar refractivity (Wildman–Crippen MR) is 37.4 cm³/mol. The van der Waals surface area contributed by atoms with E-state index in [2.05, 4.69) is 0 Å². The maximum absolute atomic E-state index is 12.2. The van der Waals surface area contributed by atoms with Crippen LogP contribution in [0.2, 0.25) is 0 Å². The molecule has 0 aromatic heterocycles. The normalized spacial score (nSPS) is 9.30. The summed E-state index contributed by atoms with van der Waals surface area (Å²) >= 11 is 0. The number of hydrogen-bond donors (Lipinski definition) is 2. The number of nitrogens with one attached hydrogen (secondary N) is 1. The molecule has 0 atom stereocenters. The lowest BCUT2D eigenvalue weighted by Gasteiger charge is -1.94. The second-order valence-corrected chi connectivity index (χ2v) is 1.92. The molecular formula is C7H7FN2. The number of rotatable bonds is 1. The summed E-state index contributed by atoms with van der Waals surface area (Å²) in [4.78, 5) is 0. The van der Waals surface area contributed by atoms with Crippen LogP contribution in [0.3, 0.4) is 0 Å². The topological polar surface area (TPSA) is 49.9 Å². The zero-order valence-electron chi connectivity index (χ0n) is 5.26. The summed E-state index contributed by atoms with van der Waals surface area (Å²) in [6, 6.07) is 5.49. The van der Waals surface area contributed by atoms with E-state index in [0.717, 1.165) is 0 Å². The highest BCUT2D eigenvalue weighted by Gasteiger charge is 1.93. The molecule has 0 aliphatic heterocycles. The van der Waals surface area contributed by atoms with Crippen LogP contribution in [-0.4, -0.2) is 5.84 Å². The lowest BCUT2D eigenvalue weighted by Crippen LogP contribution is -2.10. The zero-order chi connectivity index (χ0) is 7.56. The molecule has 0 fully saturated rings. The molecule has 0 amide bonds. The van der Waals surface area contributed by atoms with Gasteiger partial charge in [0, 0.05) is 5.56 Å². The van der Waals surface area contributed by atoms with Gasteiger partial charge in [-0.05, 0) is 24.3 Å². The van der Waals surface area contributed by atoms with Crippen molar-refractivity contribution < 1.29 is 4.39 Å². The summed E-state index contributed by atoms with van der Waals surface area (Å²) in [5.74, 6) is -0.356. The fourth-order valence-corrected chi connectivity index (χ4v) is 0.629. The van der Waals surface area contributed by atoms with Crippen molar-refractivity contribution in [2.75, 3.05) is 0 Å². The number of nitrogen functional groups attached to an aromatic ring is 1. The molecular weight excluding hydrogens is 131 g/mol. The standard InChI is InChI=1S/C7H7FN2/c8-6-3-1-5(2-4-6)7(9)10/h1-4H,(H3,9,10). The minimum atomic E-state index is -0.315. The van der Waals surface area contributed by atoms with Gasteiger partial charge in [0.05, 0.1) is 0 Å². The molecule has 0 heterocycles. The number of hydrogen-bond acceptors (Lipinski definition) is 1. The summed E-state index contributed by atoms with van der Waals surface area (Å²) in [5, 5.41) is 6.96. The van der Waals surface area contributed by atoms with E-state index in [9.17, 15) is 4.39 Å². The van der Waals surface area contributed by atoms with Crippen molar-refractivity contribution in [2.45, 2.75) is 0 Å². The van der Waals surface area contributed by atoms with Crippen molar-refractivity contribution in [3.63, 3.8) is 0 Å². The van der Waals surface area contributed by atoms with E-state index in [0.29, 0.717) is 5.56 Å². The van der Waals surface area contributed by atoms with E-state index in [4.69, 9.17) is 11.1 Å². The van der Waals surface area contributed by atoms with E-state index in [1.165, 1.54) is 24.3 Å². The second kappa shape index (κ2) is 2.47. The van der Waals surface area contributed by atoms with Crippen molar-refractivity contribution in [2.24, 2.45) is 5.73 Å². The molecule has 0 bridgehead atoms. The molecule has 0 aliphatic carbocycles. The van der Waals surface area contributed by atoms with Gasteiger partial charge in [0.2, 0.25) is 0 Å². The molecule has 0 spiro atoms. The molecule has 1 rings (SSSR count). The first-order valence-corrected chi connectivity index (χ1v) is 2.80. The Hall–Kier alpha value is -1.38. The van der Waals surface area contributed by atoms with Crippen LogP contribution in [0.15, 0.2) is 24.3 Å². The Bertz CT molecular complexity index is 240. The molecule has 3 heteroatoms. The third-order valence-corrected chi connectivity index (χ3v) is 1.16. The molecule has 0 saturated heterocycles. The van der Waals surface area contributed by atoms with Crippen LogP contribution in [0.5, 0.6) is 0 Å². The highest BCUT2D eigenvalue weighted by Crippen LogP contribution is 2.00. The van der Waals surface area contributed by atoms with Crippen LogP contribution in [0.4, 0.5) is 4.39 Å². The Kier molecular flexibility index (Phi) is 1.67. The van der Waals surface area contributed by atoms with E-state index >= 15 is 0 Å². The quantitative estimate of drug-likeness (QED) is 0.443. The lowest BCUT2D eigenvalue weighted by atomic mass is 10.2. The maximum Gasteiger partial charge on any atom is 0.123 e. The largest absolute Gasteiger partial charge is 0.384 e. The Labute approximate surface area is 58.0 Å². The maximum atomic E-state index is 12.2. The minimum Gasteiger partial charge on any atom is -0.384 e. The van der Waals surface area contributed by atoms with Crippen LogP contribution in [0.25, 0.3) is 0 Å². The average molecular weight is 138 g/mol. The van der Waals surface area contributed by atoms with E-state index in [-0.39, 0.29) is 11.7 Å². The van der Waals surface area contributed by atoms with Gasteiger partial charge in [-0.25, -0.2) is 4.39 Å². The van der Waals surface area contributed by atoms with Crippen molar-refractivity contribution in [3.05, 3.63) is 35.6 Å². The molecule has 0 saturated carbocycles. The molecule has 3 N–H and O–H groups in total. The van der Waals surface area contributed by atoms with Crippen molar-refractivity contribution in [3.8, 4) is 0 Å². The molecule has 0 unspecified atom stereocenters. The molecule has 2 nitrogen and oxygen atoms in total. The monoisotopic (exact) mass is 138 g/mol. The third kappa shape index (κ3) is 1.31. The van der Waals surface area contributed by atoms with Gasteiger partial charge in [-0.2, -0.15) is 0 Å². The molecule has 0 aliphatic rings. The van der Waals surface area contributed by atoms with E-state index in [1.54, 1.807) is 0 Å². The van der Waals surface area contributed by atoms with Gasteiger partial charge in [0.25, 0.3) is 0 Å². The summed E-state index contributed by atoms with van der Waals surface area (Å²) in [6.45, 7) is 0. The van der Waals surface area contributed by atoms with Crippen LogP contribution < -0.4 is 5.73 Å². The van der Waals surface area contributed by atoms with Gasteiger partial charge in [-0.3, -0.25) is 5.41 Å². The Morgan fingerprint density at radius 3 is 2.20 bits per heavy atom. The summed E-state index contributed by atoms with van der Waals surface area (Å²) in [7, 11) is 0. The van der Waals surface area contributed by atoms with Gasteiger partial charge in [0.15, 0.2) is 0 Å². The van der Waals surface area contributed by atoms with Gasteiger partial charge >= 0.3 is 0 Å². The van der Waals surface area contributed by atoms with Crippen molar-refractivity contribution in [1.82, 2.24) is 0 Å². The summed E-state index contributed by atoms with van der Waals surface area (Å²) < 4.78 is 12.2. The molecule has 1 aromatic carbocycles. The Balaban J connectivity index is 3.00. The highest BCUT2D eigenvalue weighted by molar-refractivity contribution is 5.94.